The first kappa shape index (κ1) is 16.1. The van der Waals surface area contributed by atoms with Crippen LogP contribution in [0.3, 0.4) is 0 Å². The van der Waals surface area contributed by atoms with E-state index in [1.807, 2.05) is 37.4 Å². The van der Waals surface area contributed by atoms with Crippen molar-refractivity contribution in [3.63, 3.8) is 0 Å². The van der Waals surface area contributed by atoms with Crippen LogP contribution in [0.25, 0.3) is 0 Å². The molecule has 124 valence electrons. The lowest BCUT2D eigenvalue weighted by atomic mass is 10.1. The maximum atomic E-state index is 10.3. The van der Waals surface area contributed by atoms with Gasteiger partial charge in [-0.2, -0.15) is 0 Å². The molecular weight excluding hydrogens is 290 g/mol. The Balaban J connectivity index is 1.92. The summed E-state index contributed by atoms with van der Waals surface area (Å²) < 4.78 is -0.211. The number of rotatable bonds is 5. The quantitative estimate of drug-likeness (QED) is 0.639. The summed E-state index contributed by atoms with van der Waals surface area (Å²) in [7, 11) is 2.00. The van der Waals surface area contributed by atoms with Gasteiger partial charge in [-0.05, 0) is 37.7 Å². The first-order chi connectivity index (χ1) is 10.8. The molecule has 0 aromatic heterocycles. The second-order valence-corrected chi connectivity index (χ2v) is 7.32. The number of quaternary nitrogens is 1. The van der Waals surface area contributed by atoms with Gasteiger partial charge < -0.3 is 10.0 Å². The summed E-state index contributed by atoms with van der Waals surface area (Å²) in [6.07, 6.45) is 2.53. The Labute approximate surface area is 137 Å². The van der Waals surface area contributed by atoms with Crippen LogP contribution in [0.5, 0.6) is 0 Å². The molecule has 3 rings (SSSR count). The van der Waals surface area contributed by atoms with Crippen molar-refractivity contribution in [2.75, 3.05) is 20.1 Å². The van der Waals surface area contributed by atoms with Crippen molar-refractivity contribution in [2.24, 2.45) is 21.9 Å². The fraction of sp³-hybridized carbons (Fsp3) is 0.529. The molecular formula is C17H26N5O+. The number of aliphatic imine (C=N–C) groups is 1. The average molecular weight is 316 g/mol. The SMILES string of the molecule is CN(CC1CC1)C1=NC(c2ccccc2)=N[N+]1(N)CC(C)(C)O. The van der Waals surface area contributed by atoms with Crippen molar-refractivity contribution in [2.45, 2.75) is 32.3 Å². The molecule has 1 heterocycles. The molecule has 0 radical (unpaired) electrons. The molecule has 1 aromatic rings. The van der Waals surface area contributed by atoms with Gasteiger partial charge in [0, 0.05) is 19.2 Å². The highest BCUT2D eigenvalue weighted by Crippen LogP contribution is 2.31. The lowest BCUT2D eigenvalue weighted by Gasteiger charge is -2.31. The maximum absolute atomic E-state index is 10.3. The van der Waals surface area contributed by atoms with Gasteiger partial charge in [-0.1, -0.05) is 35.0 Å². The molecule has 23 heavy (non-hydrogen) atoms. The van der Waals surface area contributed by atoms with E-state index in [2.05, 4.69) is 10.0 Å². The first-order valence-corrected chi connectivity index (χ1v) is 8.12. The highest BCUT2D eigenvalue weighted by Gasteiger charge is 2.45. The number of aliphatic hydroxyl groups is 1. The van der Waals surface area contributed by atoms with Gasteiger partial charge in [-0.25, -0.2) is 0 Å². The highest BCUT2D eigenvalue weighted by molar-refractivity contribution is 6.06. The van der Waals surface area contributed by atoms with Crippen LogP contribution < -0.4 is 5.84 Å². The molecule has 1 unspecified atom stereocenters. The van der Waals surface area contributed by atoms with E-state index in [-0.39, 0.29) is 11.2 Å². The fourth-order valence-corrected chi connectivity index (χ4v) is 2.97. The number of nitrogens with zero attached hydrogens (tertiary/aromatic N) is 4. The predicted octanol–water partition coefficient (Wildman–Crippen LogP) is 1.52. The summed E-state index contributed by atoms with van der Waals surface area (Å²) in [4.78, 5) is 6.79. The van der Waals surface area contributed by atoms with Crippen LogP contribution in [0.1, 0.15) is 32.3 Å². The maximum Gasteiger partial charge on any atom is 0.354 e. The molecule has 0 saturated heterocycles. The van der Waals surface area contributed by atoms with Crippen LogP contribution in [0, 0.1) is 5.92 Å². The number of guanidine groups is 1. The van der Waals surface area contributed by atoms with Gasteiger partial charge in [0.15, 0.2) is 6.54 Å². The minimum absolute atomic E-state index is 0.211. The van der Waals surface area contributed by atoms with Crippen LogP contribution in [0.4, 0.5) is 0 Å². The van der Waals surface area contributed by atoms with Crippen molar-refractivity contribution in [3.8, 4) is 0 Å². The number of hydrogen-bond acceptors (Lipinski definition) is 5. The lowest BCUT2D eigenvalue weighted by Crippen LogP contribution is -2.62. The smallest absolute Gasteiger partial charge is 0.354 e. The number of amidine groups is 1. The van der Waals surface area contributed by atoms with E-state index in [0.29, 0.717) is 11.8 Å². The molecule has 6 nitrogen and oxygen atoms in total. The topological polar surface area (TPSA) is 74.2 Å². The van der Waals surface area contributed by atoms with Crippen molar-refractivity contribution >= 4 is 11.8 Å². The summed E-state index contributed by atoms with van der Waals surface area (Å²) in [6, 6.07) is 9.83. The van der Waals surface area contributed by atoms with E-state index in [1.165, 1.54) is 12.8 Å². The van der Waals surface area contributed by atoms with Gasteiger partial charge in [0.05, 0.1) is 0 Å². The second-order valence-electron chi connectivity index (χ2n) is 7.32. The molecule has 1 atom stereocenters. The van der Waals surface area contributed by atoms with Gasteiger partial charge in [-0.15, -0.1) is 10.8 Å². The number of nitrogens with two attached hydrogens (primary N) is 1. The van der Waals surface area contributed by atoms with Gasteiger partial charge in [0.1, 0.15) is 5.60 Å². The van der Waals surface area contributed by atoms with Gasteiger partial charge in [0.25, 0.3) is 0 Å². The number of hydrogen-bond donors (Lipinski definition) is 2. The lowest BCUT2D eigenvalue weighted by molar-refractivity contribution is -0.869. The summed E-state index contributed by atoms with van der Waals surface area (Å²) in [5.41, 5.74) is -0.00278. The molecule has 1 fully saturated rings. The Hall–Kier alpha value is -1.76. The molecule has 1 saturated carbocycles. The average Bonchev–Trinajstić information content (AvgIpc) is 3.19. The Morgan fingerprint density at radius 1 is 1.30 bits per heavy atom. The van der Waals surface area contributed by atoms with E-state index in [0.717, 1.165) is 18.0 Å². The summed E-state index contributed by atoms with van der Waals surface area (Å²) in [5, 5.41) is 14.9. The third kappa shape index (κ3) is 3.77. The zero-order valence-corrected chi connectivity index (χ0v) is 14.1. The van der Waals surface area contributed by atoms with Crippen molar-refractivity contribution in [3.05, 3.63) is 35.9 Å². The molecule has 0 spiro atoms. The Kier molecular flexibility index (Phi) is 4.00. The molecule has 0 bridgehead atoms. The van der Waals surface area contributed by atoms with Crippen LogP contribution >= 0.6 is 0 Å². The third-order valence-corrected chi connectivity index (χ3v) is 4.06. The van der Waals surface area contributed by atoms with Crippen LogP contribution in [-0.4, -0.2) is 52.2 Å². The summed E-state index contributed by atoms with van der Waals surface area (Å²) >= 11 is 0. The molecule has 1 aromatic carbocycles. The molecule has 0 amide bonds. The standard InChI is InChI=1S/C17H26N5O/c1-17(2,23)12-22(18)16(21(3)11-13-9-10-13)19-15(20-22)14-7-5-4-6-8-14/h4-8,13,23H,9-12,18H2,1-3H3/q+1. The summed E-state index contributed by atoms with van der Waals surface area (Å²) in [6.45, 7) is 4.69. The van der Waals surface area contributed by atoms with Crippen molar-refractivity contribution in [1.82, 2.24) is 4.90 Å². The summed E-state index contributed by atoms with van der Waals surface area (Å²) in [5.74, 6) is 8.57. The van der Waals surface area contributed by atoms with E-state index in [9.17, 15) is 5.11 Å². The van der Waals surface area contributed by atoms with Gasteiger partial charge in [0.2, 0.25) is 5.84 Å². The van der Waals surface area contributed by atoms with Gasteiger partial charge >= 0.3 is 5.96 Å². The van der Waals surface area contributed by atoms with Gasteiger partial charge in [-0.3, -0.25) is 0 Å². The molecule has 6 heteroatoms. The van der Waals surface area contributed by atoms with E-state index >= 15 is 0 Å². The Morgan fingerprint density at radius 3 is 2.52 bits per heavy atom. The highest BCUT2D eigenvalue weighted by atomic mass is 16.3. The minimum atomic E-state index is -0.939. The van der Waals surface area contributed by atoms with Crippen LogP contribution in [0.15, 0.2) is 40.4 Å². The zero-order chi connectivity index (χ0) is 16.7. The monoisotopic (exact) mass is 316 g/mol. The van der Waals surface area contributed by atoms with Crippen LogP contribution in [0.2, 0.25) is 0 Å². The Morgan fingerprint density at radius 2 is 1.96 bits per heavy atom. The van der Waals surface area contributed by atoms with Crippen molar-refractivity contribution in [1.29, 1.82) is 0 Å². The largest absolute Gasteiger partial charge is 0.384 e. The third-order valence-electron chi connectivity index (χ3n) is 4.06. The second kappa shape index (κ2) is 5.70. The van der Waals surface area contributed by atoms with E-state index in [1.54, 1.807) is 13.8 Å². The zero-order valence-electron chi connectivity index (χ0n) is 14.1. The van der Waals surface area contributed by atoms with E-state index in [4.69, 9.17) is 10.8 Å². The predicted molar refractivity (Wildman–Crippen MR) is 91.4 cm³/mol. The fourth-order valence-electron chi connectivity index (χ4n) is 2.97. The molecule has 2 aliphatic rings. The minimum Gasteiger partial charge on any atom is -0.384 e. The molecule has 1 aliphatic heterocycles. The first-order valence-electron chi connectivity index (χ1n) is 8.12. The molecule has 1 aliphatic carbocycles. The molecule has 3 N–H and O–H groups in total. The Bertz CT molecular complexity index is 630. The van der Waals surface area contributed by atoms with E-state index < -0.39 is 5.60 Å². The van der Waals surface area contributed by atoms with Crippen molar-refractivity contribution < 1.29 is 9.81 Å². The normalized spacial score (nSPS) is 24.4. The van der Waals surface area contributed by atoms with Crippen LogP contribution in [-0.2, 0) is 0 Å². The number of benzene rings is 1.